The van der Waals surface area contributed by atoms with Crippen LogP contribution in [0.3, 0.4) is 0 Å². The van der Waals surface area contributed by atoms with E-state index in [9.17, 15) is 0 Å². The minimum absolute atomic E-state index is 0.154. The maximum Gasteiger partial charge on any atom is 0.128 e. The van der Waals surface area contributed by atoms with Crippen LogP contribution in [-0.4, -0.2) is 46.3 Å². The maximum atomic E-state index is 15.1. The van der Waals surface area contributed by atoms with E-state index in [1.54, 1.807) is 6.07 Å². The molecule has 0 atom stereocenters. The molecule has 2 aliphatic rings. The number of H-pyrrole nitrogens is 1. The summed E-state index contributed by atoms with van der Waals surface area (Å²) in [6.45, 7) is 11.2. The highest BCUT2D eigenvalue weighted by Gasteiger charge is 2.17. The van der Waals surface area contributed by atoms with Gasteiger partial charge in [-0.3, -0.25) is 10.00 Å². The zero-order chi connectivity index (χ0) is 26.8. The molecule has 7 heteroatoms. The number of benzene rings is 2. The molecule has 0 bridgehead atoms. The molecular formula is C32H37FN6. The van der Waals surface area contributed by atoms with Gasteiger partial charge < -0.3 is 10.2 Å². The molecule has 2 N–H and O–H groups in total. The number of fused-ring (bicyclic) bond motifs is 1. The quantitative estimate of drug-likeness (QED) is 0.269. The zero-order valence-electron chi connectivity index (χ0n) is 22.8. The molecule has 6 nitrogen and oxygen atoms in total. The lowest BCUT2D eigenvalue weighted by molar-refractivity contribution is 0.220. The van der Waals surface area contributed by atoms with E-state index in [0.29, 0.717) is 11.3 Å². The van der Waals surface area contributed by atoms with E-state index in [2.05, 4.69) is 55.1 Å². The monoisotopic (exact) mass is 524 g/mol. The maximum absolute atomic E-state index is 15.1. The Balaban J connectivity index is 1.24. The predicted octanol–water partition coefficient (Wildman–Crippen LogP) is 7.13. The first-order chi connectivity index (χ1) is 19.0. The van der Waals surface area contributed by atoms with Gasteiger partial charge in [-0.25, -0.2) is 9.37 Å². The van der Waals surface area contributed by atoms with E-state index in [0.717, 1.165) is 77.5 Å². The van der Waals surface area contributed by atoms with Gasteiger partial charge in [-0.05, 0) is 111 Å². The van der Waals surface area contributed by atoms with Crippen LogP contribution in [0.15, 0.2) is 55.2 Å². The summed E-state index contributed by atoms with van der Waals surface area (Å²) in [5.74, 6) is 0.865. The van der Waals surface area contributed by atoms with E-state index in [4.69, 9.17) is 0 Å². The largest absolute Gasteiger partial charge is 0.357 e. The molecule has 0 spiro atoms. The molecule has 0 amide bonds. The fourth-order valence-corrected chi connectivity index (χ4v) is 5.92. The number of anilines is 2. The number of halogens is 1. The molecule has 0 saturated carbocycles. The number of aromatic nitrogens is 3. The summed E-state index contributed by atoms with van der Waals surface area (Å²) in [6, 6.07) is 14.1. The summed E-state index contributed by atoms with van der Waals surface area (Å²) < 4.78 is 15.1. The molecule has 2 fully saturated rings. The van der Waals surface area contributed by atoms with Crippen molar-refractivity contribution >= 4 is 28.1 Å². The van der Waals surface area contributed by atoms with Crippen LogP contribution in [0.25, 0.3) is 27.7 Å². The molecule has 4 aromatic rings. The molecule has 2 saturated heterocycles. The van der Waals surface area contributed by atoms with Crippen molar-refractivity contribution in [2.45, 2.75) is 52.0 Å². The average Bonchev–Trinajstić information content (AvgIpc) is 3.40. The normalized spacial score (nSPS) is 16.5. The van der Waals surface area contributed by atoms with Crippen molar-refractivity contribution in [3.8, 4) is 11.1 Å². The van der Waals surface area contributed by atoms with Gasteiger partial charge in [0, 0.05) is 25.0 Å². The lowest BCUT2D eigenvalue weighted by Crippen LogP contribution is -2.30. The van der Waals surface area contributed by atoms with Gasteiger partial charge in [-0.15, -0.1) is 0 Å². The average molecular weight is 525 g/mol. The van der Waals surface area contributed by atoms with Gasteiger partial charge in [0.25, 0.3) is 0 Å². The highest BCUT2D eigenvalue weighted by atomic mass is 19.1. The van der Waals surface area contributed by atoms with Crippen LogP contribution in [0, 0.1) is 12.7 Å². The van der Waals surface area contributed by atoms with Crippen LogP contribution in [0.1, 0.15) is 55.3 Å². The van der Waals surface area contributed by atoms with Crippen molar-refractivity contribution in [2.75, 3.05) is 36.4 Å². The van der Waals surface area contributed by atoms with Crippen molar-refractivity contribution in [1.82, 2.24) is 20.1 Å². The minimum atomic E-state index is -0.154. The number of hydrogen-bond acceptors (Lipinski definition) is 5. The van der Waals surface area contributed by atoms with Gasteiger partial charge in [-0.2, -0.15) is 5.10 Å². The Bertz CT molecular complexity index is 1460. The van der Waals surface area contributed by atoms with Gasteiger partial charge >= 0.3 is 0 Å². The summed E-state index contributed by atoms with van der Waals surface area (Å²) in [5.41, 5.74) is 6.80. The second-order valence-corrected chi connectivity index (χ2v) is 11.0. The molecule has 0 radical (unpaired) electrons. The summed E-state index contributed by atoms with van der Waals surface area (Å²) >= 11 is 0. The third kappa shape index (κ3) is 5.55. The topological polar surface area (TPSA) is 60.1 Å². The van der Waals surface area contributed by atoms with Crippen LogP contribution >= 0.6 is 0 Å². The van der Waals surface area contributed by atoms with Crippen LogP contribution in [0.5, 0.6) is 0 Å². The summed E-state index contributed by atoms with van der Waals surface area (Å²) in [7, 11) is 0. The predicted molar refractivity (Wildman–Crippen MR) is 158 cm³/mol. The molecule has 0 aliphatic carbocycles. The van der Waals surface area contributed by atoms with Gasteiger partial charge in [-0.1, -0.05) is 19.1 Å². The molecule has 2 aromatic heterocycles. The Morgan fingerprint density at radius 2 is 1.74 bits per heavy atom. The third-order valence-corrected chi connectivity index (χ3v) is 8.14. The third-order valence-electron chi connectivity index (χ3n) is 8.14. The number of piperidine rings is 2. The van der Waals surface area contributed by atoms with E-state index in [-0.39, 0.29) is 5.82 Å². The fourth-order valence-electron chi connectivity index (χ4n) is 5.92. The second kappa shape index (κ2) is 11.2. The number of rotatable bonds is 7. The smallest absolute Gasteiger partial charge is 0.128 e. The summed E-state index contributed by atoms with van der Waals surface area (Å²) in [6.07, 6.45) is 9.33. The molecule has 0 unspecified atom stereocenters. The van der Waals surface area contributed by atoms with E-state index in [1.165, 1.54) is 38.5 Å². The molecule has 2 aromatic carbocycles. The number of likely N-dealkylation sites (tertiary alicyclic amines) is 1. The Morgan fingerprint density at radius 3 is 2.49 bits per heavy atom. The Labute approximate surface area is 229 Å². The van der Waals surface area contributed by atoms with Gasteiger partial charge in [0.1, 0.15) is 17.3 Å². The number of aromatic amines is 1. The van der Waals surface area contributed by atoms with Gasteiger partial charge in [0.15, 0.2) is 0 Å². The summed E-state index contributed by atoms with van der Waals surface area (Å²) in [4.78, 5) is 9.45. The first-order valence-electron chi connectivity index (χ1n) is 14.2. The molecule has 202 valence electrons. The van der Waals surface area contributed by atoms with Crippen LogP contribution < -0.4 is 10.2 Å². The van der Waals surface area contributed by atoms with Crippen molar-refractivity contribution in [2.24, 2.45) is 0 Å². The van der Waals surface area contributed by atoms with Crippen LogP contribution in [0.2, 0.25) is 0 Å². The summed E-state index contributed by atoms with van der Waals surface area (Å²) in [5, 5.41) is 12.0. The SMILES string of the molecule is C=C(Nc1ccc(N2CCCCC2)nc1)c1n[nH]c2ccc(-c3cc(CN4CCCCC4)cc(F)c3C)cc12. The number of pyridine rings is 1. The molecule has 39 heavy (non-hydrogen) atoms. The van der Waals surface area contributed by atoms with Crippen molar-refractivity contribution in [3.63, 3.8) is 0 Å². The molecule has 2 aliphatic heterocycles. The van der Waals surface area contributed by atoms with E-state index in [1.807, 2.05) is 31.3 Å². The Hall–Kier alpha value is -3.71. The van der Waals surface area contributed by atoms with E-state index >= 15 is 4.39 Å². The Kier molecular flexibility index (Phi) is 7.33. The minimum Gasteiger partial charge on any atom is -0.357 e. The lowest BCUT2D eigenvalue weighted by atomic mass is 9.95. The number of nitrogens with zero attached hydrogens (tertiary/aromatic N) is 4. The first-order valence-corrected chi connectivity index (χ1v) is 14.2. The highest BCUT2D eigenvalue weighted by Crippen LogP contribution is 2.32. The van der Waals surface area contributed by atoms with Gasteiger partial charge in [0.05, 0.1) is 23.1 Å². The van der Waals surface area contributed by atoms with Crippen molar-refractivity contribution in [3.05, 3.63) is 77.9 Å². The van der Waals surface area contributed by atoms with Crippen molar-refractivity contribution in [1.29, 1.82) is 0 Å². The standard InChI is InChI=1S/C32H37FN6/c1-22-27(17-24(18-29(22)33)21-38-13-5-3-6-14-38)25-9-11-30-28(19-25)32(37-36-30)23(2)35-26-10-12-31(34-20-26)39-15-7-4-8-16-39/h9-12,17-20,35H,2-8,13-16,21H2,1H3,(H,36,37). The van der Waals surface area contributed by atoms with Crippen molar-refractivity contribution < 1.29 is 4.39 Å². The fraction of sp³-hybridized carbons (Fsp3) is 0.375. The lowest BCUT2D eigenvalue weighted by Gasteiger charge is -2.27. The zero-order valence-corrected chi connectivity index (χ0v) is 22.8. The first kappa shape index (κ1) is 25.6. The number of nitrogens with one attached hydrogen (secondary N) is 2. The molecule has 4 heterocycles. The van der Waals surface area contributed by atoms with E-state index < -0.39 is 0 Å². The molecule has 6 rings (SSSR count). The Morgan fingerprint density at radius 1 is 0.974 bits per heavy atom. The van der Waals surface area contributed by atoms with Crippen LogP contribution in [-0.2, 0) is 6.54 Å². The second-order valence-electron chi connectivity index (χ2n) is 11.0. The van der Waals surface area contributed by atoms with Crippen LogP contribution in [0.4, 0.5) is 15.9 Å². The molecular weight excluding hydrogens is 487 g/mol. The van der Waals surface area contributed by atoms with Gasteiger partial charge in [0.2, 0.25) is 0 Å². The number of hydrogen-bond donors (Lipinski definition) is 2. The highest BCUT2D eigenvalue weighted by molar-refractivity contribution is 5.95.